The highest BCUT2D eigenvalue weighted by Crippen LogP contribution is 2.16. The van der Waals surface area contributed by atoms with E-state index < -0.39 is 5.97 Å². The van der Waals surface area contributed by atoms with Crippen LogP contribution >= 0.6 is 0 Å². The predicted molar refractivity (Wildman–Crippen MR) is 98.0 cm³/mol. The highest BCUT2D eigenvalue weighted by Gasteiger charge is 2.23. The molecule has 0 saturated carbocycles. The molecule has 1 unspecified atom stereocenters. The van der Waals surface area contributed by atoms with Gasteiger partial charge < -0.3 is 10.4 Å². The molecule has 0 bridgehead atoms. The number of rotatable bonds is 8. The Bertz CT molecular complexity index is 584. The van der Waals surface area contributed by atoms with Crippen LogP contribution in [0.2, 0.25) is 0 Å². The molecule has 25 heavy (non-hydrogen) atoms. The molecule has 5 nitrogen and oxygen atoms in total. The fourth-order valence-electron chi connectivity index (χ4n) is 3.39. The third-order valence-electron chi connectivity index (χ3n) is 4.83. The molecule has 136 valence electrons. The zero-order valence-corrected chi connectivity index (χ0v) is 15.2. The van der Waals surface area contributed by atoms with Gasteiger partial charge in [-0.25, -0.2) is 0 Å². The van der Waals surface area contributed by atoms with Gasteiger partial charge in [0, 0.05) is 19.1 Å². The minimum Gasteiger partial charge on any atom is -0.481 e. The van der Waals surface area contributed by atoms with E-state index in [4.69, 9.17) is 5.26 Å². The molecule has 2 N–H and O–H groups in total. The lowest BCUT2D eigenvalue weighted by molar-refractivity contribution is -0.142. The number of carboxylic acid groups (broad SMARTS) is 1. The van der Waals surface area contributed by atoms with Crippen molar-refractivity contribution < 1.29 is 9.90 Å². The predicted octanol–water partition coefficient (Wildman–Crippen LogP) is 2.86. The highest BCUT2D eigenvalue weighted by molar-refractivity contribution is 5.70. The van der Waals surface area contributed by atoms with E-state index in [1.54, 1.807) is 0 Å². The number of aliphatic carboxylic acids is 1. The molecule has 1 aliphatic rings. The van der Waals surface area contributed by atoms with Gasteiger partial charge in [0.1, 0.15) is 0 Å². The Morgan fingerprint density at radius 2 is 1.96 bits per heavy atom. The molecule has 1 aromatic rings. The Morgan fingerprint density at radius 1 is 1.32 bits per heavy atom. The van der Waals surface area contributed by atoms with Gasteiger partial charge in [0.15, 0.2) is 0 Å². The number of nitrogens with one attached hydrogen (secondary N) is 1. The molecule has 1 aromatic carbocycles. The van der Waals surface area contributed by atoms with Crippen LogP contribution in [-0.4, -0.2) is 41.7 Å². The monoisotopic (exact) mass is 343 g/mol. The zero-order valence-electron chi connectivity index (χ0n) is 15.2. The van der Waals surface area contributed by atoms with Crippen molar-refractivity contribution >= 4 is 5.97 Å². The second-order valence-electron chi connectivity index (χ2n) is 7.43. The highest BCUT2D eigenvalue weighted by atomic mass is 16.4. The Kier molecular flexibility index (Phi) is 7.42. The third-order valence-corrected chi connectivity index (χ3v) is 4.83. The summed E-state index contributed by atoms with van der Waals surface area (Å²) in [6.07, 6.45) is 2.81. The minimum absolute atomic E-state index is 0.295. The van der Waals surface area contributed by atoms with E-state index in [9.17, 15) is 9.90 Å². The molecular weight excluding hydrogens is 314 g/mol. The number of benzene rings is 1. The second kappa shape index (κ2) is 9.55. The first-order chi connectivity index (χ1) is 12.0. The first-order valence-corrected chi connectivity index (χ1v) is 9.15. The van der Waals surface area contributed by atoms with Gasteiger partial charge in [0.05, 0.1) is 17.6 Å². The number of nitrogens with zero attached hydrogens (tertiary/aromatic N) is 2. The summed E-state index contributed by atoms with van der Waals surface area (Å²) in [5.41, 5.74) is 1.93. The number of nitriles is 1. The van der Waals surface area contributed by atoms with Crippen LogP contribution in [0.1, 0.15) is 44.2 Å². The van der Waals surface area contributed by atoms with E-state index in [-0.39, 0.29) is 5.92 Å². The van der Waals surface area contributed by atoms with Crippen LogP contribution in [0, 0.1) is 23.2 Å². The maximum Gasteiger partial charge on any atom is 0.307 e. The van der Waals surface area contributed by atoms with Crippen molar-refractivity contribution in [3.05, 3.63) is 35.4 Å². The standard InChI is InChI=1S/C20H29N3O2/c1-15(2)11-18(20(24)25)13-22-19-7-9-23(10-8-19)14-17-5-3-16(12-21)4-6-17/h3-6,15,18-19,22H,7-11,13-14H2,1-2H3,(H,24,25). The fourth-order valence-corrected chi connectivity index (χ4v) is 3.39. The Labute approximate surface area is 150 Å². The van der Waals surface area contributed by atoms with Crippen LogP contribution in [0.25, 0.3) is 0 Å². The van der Waals surface area contributed by atoms with Crippen LogP contribution in [0.3, 0.4) is 0 Å². The van der Waals surface area contributed by atoms with Gasteiger partial charge in [-0.3, -0.25) is 9.69 Å². The van der Waals surface area contributed by atoms with Gasteiger partial charge in [-0.1, -0.05) is 26.0 Å². The zero-order chi connectivity index (χ0) is 18.2. The molecular formula is C20H29N3O2. The van der Waals surface area contributed by atoms with Gasteiger partial charge >= 0.3 is 5.97 Å². The van der Waals surface area contributed by atoms with Crippen LogP contribution in [0.15, 0.2) is 24.3 Å². The van der Waals surface area contributed by atoms with Crippen LogP contribution in [0.5, 0.6) is 0 Å². The van der Waals surface area contributed by atoms with Crippen LogP contribution < -0.4 is 5.32 Å². The number of hydrogen-bond donors (Lipinski definition) is 2. The van der Waals surface area contributed by atoms with Crippen molar-refractivity contribution in [1.29, 1.82) is 5.26 Å². The maximum absolute atomic E-state index is 11.3. The van der Waals surface area contributed by atoms with Crippen molar-refractivity contribution in [1.82, 2.24) is 10.2 Å². The number of carbonyl (C=O) groups is 1. The van der Waals surface area contributed by atoms with Crippen molar-refractivity contribution in [3.63, 3.8) is 0 Å². The van der Waals surface area contributed by atoms with E-state index >= 15 is 0 Å². The van der Waals surface area contributed by atoms with Gasteiger partial charge in [-0.05, 0) is 56.0 Å². The summed E-state index contributed by atoms with van der Waals surface area (Å²) in [7, 11) is 0. The first-order valence-electron chi connectivity index (χ1n) is 9.15. The number of likely N-dealkylation sites (tertiary alicyclic amines) is 1. The molecule has 1 saturated heterocycles. The summed E-state index contributed by atoms with van der Waals surface area (Å²) >= 11 is 0. The number of carboxylic acids is 1. The summed E-state index contributed by atoms with van der Waals surface area (Å²) in [5, 5.41) is 21.6. The second-order valence-corrected chi connectivity index (χ2v) is 7.43. The molecule has 1 aliphatic heterocycles. The lowest BCUT2D eigenvalue weighted by atomic mass is 9.96. The lowest BCUT2D eigenvalue weighted by Gasteiger charge is -2.33. The van der Waals surface area contributed by atoms with Crippen molar-refractivity contribution in [2.24, 2.45) is 11.8 Å². The van der Waals surface area contributed by atoms with Gasteiger partial charge in [0.2, 0.25) is 0 Å². The Balaban J connectivity index is 1.73. The maximum atomic E-state index is 11.3. The SMILES string of the molecule is CC(C)CC(CNC1CCN(Cc2ccc(C#N)cc2)CC1)C(=O)O. The van der Waals surface area contributed by atoms with Crippen molar-refractivity contribution in [2.75, 3.05) is 19.6 Å². The summed E-state index contributed by atoms with van der Waals surface area (Å²) in [6.45, 7) is 7.63. The van der Waals surface area contributed by atoms with Gasteiger partial charge in [-0.15, -0.1) is 0 Å². The minimum atomic E-state index is -0.695. The normalized spacial score (nSPS) is 17.4. The molecule has 0 amide bonds. The van der Waals surface area contributed by atoms with E-state index in [0.717, 1.165) is 38.9 Å². The molecule has 1 atom stereocenters. The molecule has 0 radical (unpaired) electrons. The largest absolute Gasteiger partial charge is 0.481 e. The number of piperidine rings is 1. The molecule has 0 aromatic heterocycles. The van der Waals surface area contributed by atoms with Crippen LogP contribution in [-0.2, 0) is 11.3 Å². The quantitative estimate of drug-likeness (QED) is 0.759. The summed E-state index contributed by atoms with van der Waals surface area (Å²) in [5.74, 6) is -0.590. The first kappa shape index (κ1) is 19.4. The number of hydrogen-bond acceptors (Lipinski definition) is 4. The third kappa shape index (κ3) is 6.49. The summed E-state index contributed by atoms with van der Waals surface area (Å²) in [4.78, 5) is 13.8. The van der Waals surface area contributed by atoms with E-state index in [1.165, 1.54) is 5.56 Å². The van der Waals surface area contributed by atoms with E-state index in [0.29, 0.717) is 24.1 Å². The van der Waals surface area contributed by atoms with Gasteiger partial charge in [-0.2, -0.15) is 5.26 Å². The fraction of sp³-hybridized carbons (Fsp3) is 0.600. The summed E-state index contributed by atoms with van der Waals surface area (Å²) < 4.78 is 0. The lowest BCUT2D eigenvalue weighted by Crippen LogP contribution is -2.44. The molecule has 1 heterocycles. The average molecular weight is 343 g/mol. The van der Waals surface area contributed by atoms with E-state index in [2.05, 4.69) is 30.1 Å². The van der Waals surface area contributed by atoms with Crippen molar-refractivity contribution in [2.45, 2.75) is 45.7 Å². The molecule has 5 heteroatoms. The smallest absolute Gasteiger partial charge is 0.307 e. The van der Waals surface area contributed by atoms with E-state index in [1.807, 2.05) is 24.3 Å². The Hall–Kier alpha value is -1.90. The molecule has 1 fully saturated rings. The van der Waals surface area contributed by atoms with Gasteiger partial charge in [0.25, 0.3) is 0 Å². The Morgan fingerprint density at radius 3 is 2.48 bits per heavy atom. The average Bonchev–Trinajstić information content (AvgIpc) is 2.60. The molecule has 0 spiro atoms. The van der Waals surface area contributed by atoms with Crippen LogP contribution in [0.4, 0.5) is 0 Å². The van der Waals surface area contributed by atoms with Crippen molar-refractivity contribution in [3.8, 4) is 6.07 Å². The topological polar surface area (TPSA) is 76.4 Å². The molecule has 0 aliphatic carbocycles. The molecule has 2 rings (SSSR count). The summed E-state index contributed by atoms with van der Waals surface area (Å²) in [6, 6.07) is 10.3.